The van der Waals surface area contributed by atoms with E-state index in [0.29, 0.717) is 31.2 Å². The first-order valence-electron chi connectivity index (χ1n) is 10.3. The molecule has 2 amide bonds. The van der Waals surface area contributed by atoms with Gasteiger partial charge in [0, 0.05) is 17.6 Å². The molecule has 0 unspecified atom stereocenters. The quantitative estimate of drug-likeness (QED) is 0.541. The number of hydrogen-bond donors (Lipinski definition) is 1. The molecule has 30 heavy (non-hydrogen) atoms. The molecule has 2 aromatic carbocycles. The molecule has 0 spiro atoms. The molecular weight excluding hydrogens is 444 g/mol. The van der Waals surface area contributed by atoms with E-state index in [4.69, 9.17) is 4.74 Å². The normalized spacial score (nSPS) is 11.8. The molecule has 0 saturated heterocycles. The molecule has 2 aromatic rings. The predicted octanol–water partition coefficient (Wildman–Crippen LogP) is 4.72. The van der Waals surface area contributed by atoms with Crippen LogP contribution < -0.4 is 10.1 Å². The van der Waals surface area contributed by atoms with E-state index >= 15 is 0 Å². The Hall–Kier alpha value is -2.34. The smallest absolute Gasteiger partial charge is 0.261 e. The molecular formula is C24H31BrN2O3. The maximum absolute atomic E-state index is 13.1. The molecule has 5 nitrogen and oxygen atoms in total. The third-order valence-electron chi connectivity index (χ3n) is 4.72. The number of rotatable bonds is 10. The van der Waals surface area contributed by atoms with Gasteiger partial charge in [0.2, 0.25) is 5.91 Å². The largest absolute Gasteiger partial charge is 0.484 e. The van der Waals surface area contributed by atoms with Crippen molar-refractivity contribution in [2.75, 3.05) is 13.2 Å². The first-order chi connectivity index (χ1) is 14.3. The Kier molecular flexibility index (Phi) is 9.37. The Labute approximate surface area is 187 Å². The van der Waals surface area contributed by atoms with Crippen LogP contribution in [0.15, 0.2) is 53.0 Å². The van der Waals surface area contributed by atoms with Crippen LogP contribution >= 0.6 is 15.9 Å². The van der Waals surface area contributed by atoms with Crippen molar-refractivity contribution in [2.45, 2.75) is 46.7 Å². The number of carbonyl (C=O) groups excluding carboxylic acids is 2. The Morgan fingerprint density at radius 1 is 1.07 bits per heavy atom. The Morgan fingerprint density at radius 2 is 1.70 bits per heavy atom. The summed E-state index contributed by atoms with van der Waals surface area (Å²) in [5.41, 5.74) is 2.13. The molecule has 2 rings (SSSR count). The van der Waals surface area contributed by atoms with Gasteiger partial charge in [-0.25, -0.2) is 0 Å². The highest BCUT2D eigenvalue weighted by Gasteiger charge is 2.29. The van der Waals surface area contributed by atoms with Crippen LogP contribution in [0.3, 0.4) is 0 Å². The highest BCUT2D eigenvalue weighted by molar-refractivity contribution is 9.10. The average Bonchev–Trinajstić information content (AvgIpc) is 2.72. The summed E-state index contributed by atoms with van der Waals surface area (Å²) in [5.74, 6) is 0.605. The summed E-state index contributed by atoms with van der Waals surface area (Å²) in [7, 11) is 0. The van der Waals surface area contributed by atoms with E-state index in [1.807, 2.05) is 64.1 Å². The number of aryl methyl sites for hydroxylation is 1. The topological polar surface area (TPSA) is 58.6 Å². The fourth-order valence-electron chi connectivity index (χ4n) is 2.99. The zero-order valence-electron chi connectivity index (χ0n) is 18.2. The van der Waals surface area contributed by atoms with Crippen LogP contribution in [0.1, 0.15) is 38.3 Å². The molecule has 1 atom stereocenters. The molecule has 6 heteroatoms. The fraction of sp³-hybridized carbons (Fsp3) is 0.417. The van der Waals surface area contributed by atoms with Crippen molar-refractivity contribution in [3.63, 3.8) is 0 Å². The molecule has 162 valence electrons. The molecule has 0 heterocycles. The van der Waals surface area contributed by atoms with E-state index in [9.17, 15) is 9.59 Å². The Morgan fingerprint density at radius 3 is 2.27 bits per heavy atom. The number of benzene rings is 2. The highest BCUT2D eigenvalue weighted by Crippen LogP contribution is 2.17. The van der Waals surface area contributed by atoms with Gasteiger partial charge in [0.1, 0.15) is 11.8 Å². The summed E-state index contributed by atoms with van der Waals surface area (Å²) in [6.07, 6.45) is 0.528. The minimum Gasteiger partial charge on any atom is -0.484 e. The molecule has 0 aromatic heterocycles. The Bertz CT molecular complexity index is 819. The van der Waals surface area contributed by atoms with Crippen LogP contribution in [0.5, 0.6) is 5.75 Å². The third-order valence-corrected chi connectivity index (χ3v) is 5.25. The van der Waals surface area contributed by atoms with E-state index in [2.05, 4.69) is 21.2 Å². The van der Waals surface area contributed by atoms with Crippen LogP contribution in [0.4, 0.5) is 0 Å². The number of amides is 2. The SMILES string of the molecule is CC[C@H](C(=O)NCC(C)C)N(Cc1ccc(C)cc1)C(=O)COc1ccc(Br)cc1. The number of carbonyl (C=O) groups is 2. The van der Waals surface area contributed by atoms with Crippen LogP contribution in [0, 0.1) is 12.8 Å². The van der Waals surface area contributed by atoms with Crippen molar-refractivity contribution in [3.05, 3.63) is 64.1 Å². The van der Waals surface area contributed by atoms with Gasteiger partial charge < -0.3 is 15.0 Å². The van der Waals surface area contributed by atoms with E-state index in [1.165, 1.54) is 0 Å². The zero-order valence-corrected chi connectivity index (χ0v) is 19.7. The first-order valence-corrected chi connectivity index (χ1v) is 11.1. The van der Waals surface area contributed by atoms with Crippen molar-refractivity contribution in [1.29, 1.82) is 0 Å². The van der Waals surface area contributed by atoms with E-state index in [1.54, 1.807) is 17.0 Å². The fourth-order valence-corrected chi connectivity index (χ4v) is 3.26. The van der Waals surface area contributed by atoms with Crippen molar-refractivity contribution >= 4 is 27.7 Å². The molecule has 0 aliphatic heterocycles. The third kappa shape index (κ3) is 7.48. The van der Waals surface area contributed by atoms with Gasteiger partial charge in [-0.3, -0.25) is 9.59 Å². The molecule has 0 aliphatic rings. The molecule has 0 aliphatic carbocycles. The van der Waals surface area contributed by atoms with Crippen molar-refractivity contribution < 1.29 is 14.3 Å². The van der Waals surface area contributed by atoms with E-state index in [0.717, 1.165) is 15.6 Å². The van der Waals surface area contributed by atoms with Crippen LogP contribution in [0.25, 0.3) is 0 Å². The lowest BCUT2D eigenvalue weighted by molar-refractivity contribution is -0.143. The van der Waals surface area contributed by atoms with Gasteiger partial charge in [0.25, 0.3) is 5.91 Å². The number of nitrogens with zero attached hydrogens (tertiary/aromatic N) is 1. The van der Waals surface area contributed by atoms with Crippen LogP contribution in [0.2, 0.25) is 0 Å². The summed E-state index contributed by atoms with van der Waals surface area (Å²) in [5, 5.41) is 2.96. The summed E-state index contributed by atoms with van der Waals surface area (Å²) in [4.78, 5) is 27.6. The summed E-state index contributed by atoms with van der Waals surface area (Å²) in [6, 6.07) is 14.8. The second kappa shape index (κ2) is 11.7. The van der Waals surface area contributed by atoms with Gasteiger partial charge in [-0.2, -0.15) is 0 Å². The minimum atomic E-state index is -0.550. The number of hydrogen-bond acceptors (Lipinski definition) is 3. The van der Waals surface area contributed by atoms with Crippen LogP contribution in [-0.4, -0.2) is 35.9 Å². The second-order valence-electron chi connectivity index (χ2n) is 7.81. The number of halogens is 1. The first kappa shape index (κ1) is 23.9. The van der Waals surface area contributed by atoms with Crippen molar-refractivity contribution in [2.24, 2.45) is 5.92 Å². The lowest BCUT2D eigenvalue weighted by Gasteiger charge is -2.31. The highest BCUT2D eigenvalue weighted by atomic mass is 79.9. The summed E-state index contributed by atoms with van der Waals surface area (Å²) in [6.45, 7) is 8.85. The van der Waals surface area contributed by atoms with Crippen molar-refractivity contribution in [1.82, 2.24) is 10.2 Å². The summed E-state index contributed by atoms with van der Waals surface area (Å²) < 4.78 is 6.63. The Balaban J connectivity index is 2.17. The molecule has 1 N–H and O–H groups in total. The number of nitrogens with one attached hydrogen (secondary N) is 1. The molecule has 0 saturated carbocycles. The molecule has 0 radical (unpaired) electrons. The van der Waals surface area contributed by atoms with E-state index in [-0.39, 0.29) is 18.4 Å². The van der Waals surface area contributed by atoms with Crippen LogP contribution in [-0.2, 0) is 16.1 Å². The lowest BCUT2D eigenvalue weighted by Crippen LogP contribution is -2.50. The predicted molar refractivity (Wildman–Crippen MR) is 123 cm³/mol. The molecule has 0 bridgehead atoms. The lowest BCUT2D eigenvalue weighted by atomic mass is 10.1. The monoisotopic (exact) mass is 474 g/mol. The van der Waals surface area contributed by atoms with Gasteiger partial charge in [0.05, 0.1) is 0 Å². The van der Waals surface area contributed by atoms with Gasteiger partial charge in [-0.15, -0.1) is 0 Å². The zero-order chi connectivity index (χ0) is 22.1. The van der Waals surface area contributed by atoms with Gasteiger partial charge in [0.15, 0.2) is 6.61 Å². The molecule has 0 fully saturated rings. The van der Waals surface area contributed by atoms with E-state index < -0.39 is 6.04 Å². The van der Waals surface area contributed by atoms with Gasteiger partial charge in [-0.1, -0.05) is 66.5 Å². The summed E-state index contributed by atoms with van der Waals surface area (Å²) >= 11 is 3.38. The maximum Gasteiger partial charge on any atom is 0.261 e. The van der Waals surface area contributed by atoms with Gasteiger partial charge >= 0.3 is 0 Å². The average molecular weight is 475 g/mol. The standard InChI is InChI=1S/C24H31BrN2O3/c1-5-22(24(29)26-14-17(2)3)27(15-19-8-6-18(4)7-9-19)23(28)16-30-21-12-10-20(25)11-13-21/h6-13,17,22H,5,14-16H2,1-4H3,(H,26,29)/t22-/m1/s1. The number of ether oxygens (including phenoxy) is 1. The van der Waals surface area contributed by atoms with Crippen molar-refractivity contribution in [3.8, 4) is 5.75 Å². The van der Waals surface area contributed by atoms with Gasteiger partial charge in [-0.05, 0) is 49.1 Å². The second-order valence-corrected chi connectivity index (χ2v) is 8.73. The maximum atomic E-state index is 13.1. The minimum absolute atomic E-state index is 0.124.